The van der Waals surface area contributed by atoms with Crippen molar-refractivity contribution in [3.63, 3.8) is 0 Å². The van der Waals surface area contributed by atoms with Crippen molar-refractivity contribution in [1.82, 2.24) is 15.2 Å². The van der Waals surface area contributed by atoms with Crippen LogP contribution in [0.25, 0.3) is 0 Å². The molecule has 0 saturated carbocycles. The zero-order valence-electron chi connectivity index (χ0n) is 12.9. The smallest absolute Gasteiger partial charge is 0.123 e. The number of rotatable bonds is 7. The van der Waals surface area contributed by atoms with Crippen LogP contribution in [0.2, 0.25) is 0 Å². The summed E-state index contributed by atoms with van der Waals surface area (Å²) < 4.78 is 5.94. The highest BCUT2D eigenvalue weighted by Crippen LogP contribution is 2.29. The van der Waals surface area contributed by atoms with Gasteiger partial charge in [-0.3, -0.25) is 4.90 Å². The van der Waals surface area contributed by atoms with Crippen LogP contribution in [0.4, 0.5) is 0 Å². The topological polar surface area (TPSA) is 37.4 Å². The lowest BCUT2D eigenvalue weighted by atomic mass is 10.2. The maximum atomic E-state index is 5.94. The molecule has 1 atom stereocenters. The first-order chi connectivity index (χ1) is 9.78. The predicted octanol–water partition coefficient (Wildman–Crippen LogP) is 2.60. The van der Waals surface area contributed by atoms with E-state index in [9.17, 15) is 0 Å². The normalized spacial score (nSPS) is 20.4. The van der Waals surface area contributed by atoms with Gasteiger partial charge < -0.3 is 10.1 Å². The fourth-order valence-corrected chi connectivity index (χ4v) is 3.73. The highest BCUT2D eigenvalue weighted by atomic mass is 32.1. The van der Waals surface area contributed by atoms with Gasteiger partial charge in [0.05, 0.1) is 12.3 Å². The van der Waals surface area contributed by atoms with Crippen LogP contribution in [-0.4, -0.2) is 42.7 Å². The summed E-state index contributed by atoms with van der Waals surface area (Å²) in [5.74, 6) is 0. The molecule has 20 heavy (non-hydrogen) atoms. The monoisotopic (exact) mass is 297 g/mol. The van der Waals surface area contributed by atoms with Gasteiger partial charge in [-0.15, -0.1) is 11.3 Å². The summed E-state index contributed by atoms with van der Waals surface area (Å²) in [4.78, 5) is 8.69. The minimum atomic E-state index is 0.168. The lowest BCUT2D eigenvalue weighted by molar-refractivity contribution is -0.0299. The molecule has 1 fully saturated rings. The number of morpholine rings is 1. The van der Waals surface area contributed by atoms with Gasteiger partial charge in [0.1, 0.15) is 11.1 Å². The molecule has 0 aromatic carbocycles. The first kappa shape index (κ1) is 15.9. The van der Waals surface area contributed by atoms with E-state index in [4.69, 9.17) is 9.72 Å². The molecule has 0 spiro atoms. The molecule has 1 aromatic rings. The minimum absolute atomic E-state index is 0.168. The molecule has 0 amide bonds. The summed E-state index contributed by atoms with van der Waals surface area (Å²) in [6.07, 6.45) is 2.38. The molecule has 0 radical (unpaired) electrons. The minimum Gasteiger partial charge on any atom is -0.368 e. The second-order valence-electron chi connectivity index (χ2n) is 5.22. The molecule has 5 heteroatoms. The number of hydrogen-bond donors (Lipinski definition) is 1. The van der Waals surface area contributed by atoms with E-state index in [1.165, 1.54) is 17.0 Å². The standard InChI is InChI=1S/C15H27N3OS/c1-4-7-18-8-9-19-13(11-18)15-17-12(5-2)14(20-15)10-16-6-3/h13,16H,4-11H2,1-3H3. The first-order valence-electron chi connectivity index (χ1n) is 7.81. The van der Waals surface area contributed by atoms with Gasteiger partial charge in [-0.2, -0.15) is 0 Å². The molecule has 1 unspecified atom stereocenters. The van der Waals surface area contributed by atoms with Crippen molar-refractivity contribution < 1.29 is 4.74 Å². The van der Waals surface area contributed by atoms with E-state index in [1.807, 2.05) is 11.3 Å². The summed E-state index contributed by atoms with van der Waals surface area (Å²) in [5, 5.41) is 4.57. The fraction of sp³-hybridized carbons (Fsp3) is 0.800. The number of thiazole rings is 1. The summed E-state index contributed by atoms with van der Waals surface area (Å²) in [7, 11) is 0. The maximum Gasteiger partial charge on any atom is 0.123 e. The van der Waals surface area contributed by atoms with Gasteiger partial charge in [-0.1, -0.05) is 20.8 Å². The summed E-state index contributed by atoms with van der Waals surface area (Å²) in [6.45, 7) is 12.5. The maximum absolute atomic E-state index is 5.94. The van der Waals surface area contributed by atoms with E-state index < -0.39 is 0 Å². The molecule has 2 heterocycles. The predicted molar refractivity (Wildman–Crippen MR) is 84.3 cm³/mol. The van der Waals surface area contributed by atoms with Crippen LogP contribution in [0.1, 0.15) is 48.9 Å². The van der Waals surface area contributed by atoms with E-state index in [0.717, 1.165) is 50.8 Å². The Morgan fingerprint density at radius 1 is 1.40 bits per heavy atom. The van der Waals surface area contributed by atoms with Gasteiger partial charge in [0.2, 0.25) is 0 Å². The second-order valence-corrected chi connectivity index (χ2v) is 6.33. The van der Waals surface area contributed by atoms with Gasteiger partial charge in [-0.25, -0.2) is 4.98 Å². The third kappa shape index (κ3) is 4.01. The lowest BCUT2D eigenvalue weighted by Crippen LogP contribution is -2.38. The van der Waals surface area contributed by atoms with Crippen LogP contribution < -0.4 is 5.32 Å². The zero-order chi connectivity index (χ0) is 14.4. The van der Waals surface area contributed by atoms with Crippen molar-refractivity contribution in [1.29, 1.82) is 0 Å². The summed E-state index contributed by atoms with van der Waals surface area (Å²) >= 11 is 1.83. The third-order valence-corrected chi connectivity index (χ3v) is 4.82. The highest BCUT2D eigenvalue weighted by Gasteiger charge is 2.25. The summed E-state index contributed by atoms with van der Waals surface area (Å²) in [5.41, 5.74) is 1.24. The Balaban J connectivity index is 2.05. The summed E-state index contributed by atoms with van der Waals surface area (Å²) in [6, 6.07) is 0. The number of nitrogens with one attached hydrogen (secondary N) is 1. The van der Waals surface area contributed by atoms with Gasteiger partial charge in [0.25, 0.3) is 0 Å². The molecule has 1 aromatic heterocycles. The van der Waals surface area contributed by atoms with Crippen molar-refractivity contribution in [3.05, 3.63) is 15.6 Å². The van der Waals surface area contributed by atoms with Crippen LogP contribution in [0, 0.1) is 0 Å². The Bertz CT molecular complexity index is 406. The second kappa shape index (κ2) is 8.08. The average molecular weight is 297 g/mol. The fourth-order valence-electron chi connectivity index (χ4n) is 2.57. The quantitative estimate of drug-likeness (QED) is 0.839. The van der Waals surface area contributed by atoms with E-state index >= 15 is 0 Å². The Labute approximate surface area is 126 Å². The van der Waals surface area contributed by atoms with Crippen molar-refractivity contribution in [2.24, 2.45) is 0 Å². The van der Waals surface area contributed by atoms with Crippen LogP contribution in [0.3, 0.4) is 0 Å². The van der Waals surface area contributed by atoms with E-state index in [2.05, 4.69) is 31.0 Å². The van der Waals surface area contributed by atoms with Crippen molar-refractivity contribution in [2.75, 3.05) is 32.8 Å². The van der Waals surface area contributed by atoms with Gasteiger partial charge in [0, 0.05) is 24.5 Å². The molecule has 2 rings (SSSR count). The van der Waals surface area contributed by atoms with E-state index in [-0.39, 0.29) is 6.10 Å². The number of ether oxygens (including phenoxy) is 1. The largest absolute Gasteiger partial charge is 0.368 e. The van der Waals surface area contributed by atoms with Crippen LogP contribution in [-0.2, 0) is 17.7 Å². The lowest BCUT2D eigenvalue weighted by Gasteiger charge is -2.31. The molecule has 1 saturated heterocycles. The Hall–Kier alpha value is -0.490. The van der Waals surface area contributed by atoms with E-state index in [1.54, 1.807) is 0 Å². The van der Waals surface area contributed by atoms with Crippen LogP contribution in [0.15, 0.2) is 0 Å². The molecule has 1 aliphatic heterocycles. The van der Waals surface area contributed by atoms with Gasteiger partial charge in [-0.05, 0) is 25.9 Å². The molecule has 114 valence electrons. The molecular weight excluding hydrogens is 270 g/mol. The SMILES string of the molecule is CCCN1CCOC(c2nc(CC)c(CNCC)s2)C1. The first-order valence-corrected chi connectivity index (χ1v) is 8.63. The number of nitrogens with zero attached hydrogens (tertiary/aromatic N) is 2. The van der Waals surface area contributed by atoms with Crippen LogP contribution >= 0.6 is 11.3 Å². The average Bonchev–Trinajstić information content (AvgIpc) is 2.89. The molecule has 0 aliphatic carbocycles. The van der Waals surface area contributed by atoms with E-state index in [0.29, 0.717) is 0 Å². The Kier molecular flexibility index (Phi) is 6.42. The van der Waals surface area contributed by atoms with Crippen molar-refractivity contribution >= 4 is 11.3 Å². The van der Waals surface area contributed by atoms with Gasteiger partial charge >= 0.3 is 0 Å². The zero-order valence-corrected chi connectivity index (χ0v) is 13.8. The Morgan fingerprint density at radius 3 is 2.95 bits per heavy atom. The number of aryl methyl sites for hydroxylation is 1. The number of hydrogen-bond acceptors (Lipinski definition) is 5. The molecule has 1 aliphatic rings. The number of aromatic nitrogens is 1. The van der Waals surface area contributed by atoms with Crippen LogP contribution in [0.5, 0.6) is 0 Å². The molecule has 1 N–H and O–H groups in total. The molecular formula is C15H27N3OS. The van der Waals surface area contributed by atoms with Gasteiger partial charge in [0.15, 0.2) is 0 Å². The highest BCUT2D eigenvalue weighted by molar-refractivity contribution is 7.11. The third-order valence-electron chi connectivity index (χ3n) is 3.63. The molecule has 0 bridgehead atoms. The van der Waals surface area contributed by atoms with Crippen molar-refractivity contribution in [3.8, 4) is 0 Å². The Morgan fingerprint density at radius 2 is 2.25 bits per heavy atom. The molecule has 4 nitrogen and oxygen atoms in total. The van der Waals surface area contributed by atoms with Crippen molar-refractivity contribution in [2.45, 2.75) is 46.3 Å².